The number of thiol groups is 1. The SMILES string of the molecule is O=[SH](=O)NCCc1cccc(-c2ccc3ncc(N4CCOCC4)nc3c2)c1. The zero-order chi connectivity index (χ0) is 19.3. The van der Waals surface area contributed by atoms with Gasteiger partial charge in [0.05, 0.1) is 30.4 Å². The molecule has 0 aliphatic carbocycles. The maximum atomic E-state index is 10.6. The van der Waals surface area contributed by atoms with Crippen LogP contribution in [0.3, 0.4) is 0 Å². The Morgan fingerprint density at radius 3 is 2.68 bits per heavy atom. The van der Waals surface area contributed by atoms with Crippen LogP contribution in [0.2, 0.25) is 0 Å². The molecule has 0 atom stereocenters. The van der Waals surface area contributed by atoms with E-state index in [1.165, 1.54) is 0 Å². The summed E-state index contributed by atoms with van der Waals surface area (Å²) in [4.78, 5) is 11.6. The van der Waals surface area contributed by atoms with E-state index in [0.717, 1.165) is 46.6 Å². The van der Waals surface area contributed by atoms with Gasteiger partial charge >= 0.3 is 0 Å². The average Bonchev–Trinajstić information content (AvgIpc) is 2.73. The Bertz CT molecular complexity index is 1040. The normalized spacial score (nSPS) is 14.7. The number of nitrogens with one attached hydrogen (secondary N) is 1. The predicted molar refractivity (Wildman–Crippen MR) is 110 cm³/mol. The Labute approximate surface area is 165 Å². The number of rotatable bonds is 6. The minimum Gasteiger partial charge on any atom is -0.378 e. The van der Waals surface area contributed by atoms with E-state index in [2.05, 4.69) is 26.7 Å². The van der Waals surface area contributed by atoms with Crippen molar-refractivity contribution in [3.8, 4) is 11.1 Å². The largest absolute Gasteiger partial charge is 0.378 e. The Morgan fingerprint density at radius 1 is 1.04 bits per heavy atom. The lowest BCUT2D eigenvalue weighted by Crippen LogP contribution is -2.36. The summed E-state index contributed by atoms with van der Waals surface area (Å²) in [6, 6.07) is 14.2. The van der Waals surface area contributed by atoms with Crippen LogP contribution in [0.25, 0.3) is 22.2 Å². The van der Waals surface area contributed by atoms with Crippen molar-refractivity contribution in [1.82, 2.24) is 14.7 Å². The predicted octanol–water partition coefficient (Wildman–Crippen LogP) is 1.79. The third kappa shape index (κ3) is 4.46. The quantitative estimate of drug-likeness (QED) is 0.616. The molecule has 0 unspecified atom stereocenters. The van der Waals surface area contributed by atoms with Crippen LogP contribution < -0.4 is 9.62 Å². The van der Waals surface area contributed by atoms with Gasteiger partial charge in [-0.15, -0.1) is 0 Å². The number of fused-ring (bicyclic) bond motifs is 1. The number of aromatic nitrogens is 2. The van der Waals surface area contributed by atoms with E-state index < -0.39 is 10.9 Å². The number of hydrogen-bond donors (Lipinski definition) is 2. The molecule has 4 rings (SSSR count). The molecule has 1 N–H and O–H groups in total. The van der Waals surface area contributed by atoms with Gasteiger partial charge in [0, 0.05) is 19.6 Å². The van der Waals surface area contributed by atoms with Crippen LogP contribution in [-0.4, -0.2) is 51.2 Å². The first-order valence-electron chi connectivity index (χ1n) is 9.26. The molecule has 146 valence electrons. The molecule has 1 aliphatic heterocycles. The van der Waals surface area contributed by atoms with Crippen molar-refractivity contribution in [2.45, 2.75) is 6.42 Å². The maximum absolute atomic E-state index is 10.6. The topological polar surface area (TPSA) is 84.4 Å². The van der Waals surface area contributed by atoms with Gasteiger partial charge < -0.3 is 9.64 Å². The highest BCUT2D eigenvalue weighted by Crippen LogP contribution is 2.25. The zero-order valence-corrected chi connectivity index (χ0v) is 16.3. The molecule has 2 aromatic carbocycles. The van der Waals surface area contributed by atoms with Crippen LogP contribution >= 0.6 is 0 Å². The van der Waals surface area contributed by atoms with Crippen LogP contribution in [0.15, 0.2) is 48.7 Å². The van der Waals surface area contributed by atoms with Gasteiger partial charge in [0.2, 0.25) is 10.9 Å². The molecule has 1 aliphatic rings. The molecule has 0 radical (unpaired) electrons. The summed E-state index contributed by atoms with van der Waals surface area (Å²) in [6.45, 7) is 3.47. The molecule has 7 nitrogen and oxygen atoms in total. The fraction of sp³-hybridized carbons (Fsp3) is 0.300. The molecular weight excluding hydrogens is 376 g/mol. The van der Waals surface area contributed by atoms with E-state index >= 15 is 0 Å². The summed E-state index contributed by atoms with van der Waals surface area (Å²) >= 11 is 0. The number of nitrogens with zero attached hydrogens (tertiary/aromatic N) is 3. The van der Waals surface area contributed by atoms with Gasteiger partial charge in [0.1, 0.15) is 5.82 Å². The van der Waals surface area contributed by atoms with Crippen molar-refractivity contribution in [3.05, 3.63) is 54.2 Å². The first-order valence-corrected chi connectivity index (χ1v) is 10.4. The Morgan fingerprint density at radius 2 is 1.86 bits per heavy atom. The standard InChI is InChI=1S/C20H22N4O3S/c25-28(26)22-7-6-15-2-1-3-16(12-15)17-4-5-18-19(13-17)23-20(14-21-18)24-8-10-27-11-9-24/h1-5,12-14,28H,6-11H2,(H,22,25,26). The molecular formula is C20H22N4O3S. The fourth-order valence-corrected chi connectivity index (χ4v) is 3.62. The molecule has 1 aromatic heterocycles. The molecule has 2 heterocycles. The van der Waals surface area contributed by atoms with Crippen molar-refractivity contribution in [2.75, 3.05) is 37.7 Å². The molecule has 8 heteroatoms. The maximum Gasteiger partial charge on any atom is 0.201 e. The van der Waals surface area contributed by atoms with Crippen LogP contribution in [0.4, 0.5) is 5.82 Å². The summed E-state index contributed by atoms with van der Waals surface area (Å²) in [5.41, 5.74) is 4.93. The lowest BCUT2D eigenvalue weighted by Gasteiger charge is -2.27. The Hall–Kier alpha value is -2.55. The smallest absolute Gasteiger partial charge is 0.201 e. The van der Waals surface area contributed by atoms with Crippen LogP contribution in [0, 0.1) is 0 Å². The van der Waals surface area contributed by atoms with Crippen LogP contribution in [0.5, 0.6) is 0 Å². The molecule has 3 aromatic rings. The first-order chi connectivity index (χ1) is 13.7. The van der Waals surface area contributed by atoms with Crippen molar-refractivity contribution in [1.29, 1.82) is 0 Å². The fourth-order valence-electron chi connectivity index (χ4n) is 3.32. The minimum absolute atomic E-state index is 0.397. The second-order valence-corrected chi connectivity index (χ2v) is 7.48. The third-order valence-corrected chi connectivity index (χ3v) is 5.26. The molecule has 0 spiro atoms. The van der Waals surface area contributed by atoms with Gasteiger partial charge in [-0.05, 0) is 35.2 Å². The third-order valence-electron chi connectivity index (χ3n) is 4.78. The Balaban J connectivity index is 1.59. The van der Waals surface area contributed by atoms with E-state index in [9.17, 15) is 8.42 Å². The number of anilines is 1. The molecule has 0 bridgehead atoms. The van der Waals surface area contributed by atoms with Crippen molar-refractivity contribution < 1.29 is 13.2 Å². The van der Waals surface area contributed by atoms with Crippen LogP contribution in [-0.2, 0) is 22.0 Å². The summed E-state index contributed by atoms with van der Waals surface area (Å²) in [5.74, 6) is 0.875. The summed E-state index contributed by atoms with van der Waals surface area (Å²) in [6.07, 6.45) is 2.47. The van der Waals surface area contributed by atoms with Crippen molar-refractivity contribution >= 4 is 27.7 Å². The van der Waals surface area contributed by atoms with Crippen molar-refractivity contribution in [2.24, 2.45) is 0 Å². The van der Waals surface area contributed by atoms with E-state index in [1.54, 1.807) is 0 Å². The second-order valence-electron chi connectivity index (χ2n) is 6.65. The number of benzene rings is 2. The van der Waals surface area contributed by atoms with E-state index in [1.807, 2.05) is 36.5 Å². The summed E-state index contributed by atoms with van der Waals surface area (Å²) in [5, 5.41) is 0. The van der Waals surface area contributed by atoms with Gasteiger partial charge in [0.25, 0.3) is 0 Å². The molecule has 28 heavy (non-hydrogen) atoms. The lowest BCUT2D eigenvalue weighted by atomic mass is 10.0. The summed E-state index contributed by atoms with van der Waals surface area (Å²) in [7, 11) is -2.55. The monoisotopic (exact) mass is 398 g/mol. The molecule has 0 saturated carbocycles. The number of hydrogen-bond acceptors (Lipinski definition) is 6. The molecule has 1 saturated heterocycles. The highest BCUT2D eigenvalue weighted by atomic mass is 32.2. The highest BCUT2D eigenvalue weighted by molar-refractivity contribution is 7.70. The van der Waals surface area contributed by atoms with Gasteiger partial charge in [-0.1, -0.05) is 30.3 Å². The van der Waals surface area contributed by atoms with Gasteiger partial charge in [-0.3, -0.25) is 4.98 Å². The van der Waals surface area contributed by atoms with E-state index in [0.29, 0.717) is 26.2 Å². The Kier molecular flexibility index (Phi) is 5.80. The first kappa shape index (κ1) is 18.8. The minimum atomic E-state index is -2.55. The van der Waals surface area contributed by atoms with Crippen molar-refractivity contribution in [3.63, 3.8) is 0 Å². The molecule has 0 amide bonds. The second kappa shape index (κ2) is 8.64. The summed E-state index contributed by atoms with van der Waals surface area (Å²) < 4.78 is 29.1. The van der Waals surface area contributed by atoms with Gasteiger partial charge in [-0.25, -0.2) is 18.1 Å². The van der Waals surface area contributed by atoms with Gasteiger partial charge in [-0.2, -0.15) is 0 Å². The number of morpholine rings is 1. The number of ether oxygens (including phenoxy) is 1. The molecule has 1 fully saturated rings. The lowest BCUT2D eigenvalue weighted by molar-refractivity contribution is 0.122. The van der Waals surface area contributed by atoms with Gasteiger partial charge in [0.15, 0.2) is 0 Å². The van der Waals surface area contributed by atoms with E-state index in [-0.39, 0.29) is 0 Å². The highest BCUT2D eigenvalue weighted by Gasteiger charge is 2.13. The zero-order valence-electron chi connectivity index (χ0n) is 15.4. The van der Waals surface area contributed by atoms with E-state index in [4.69, 9.17) is 9.72 Å². The average molecular weight is 398 g/mol. The van der Waals surface area contributed by atoms with Crippen LogP contribution in [0.1, 0.15) is 5.56 Å².